The summed E-state index contributed by atoms with van der Waals surface area (Å²) in [7, 11) is 0. The number of aliphatic hydroxyl groups excluding tert-OH is 1. The van der Waals surface area contributed by atoms with Crippen LogP contribution in [0.15, 0.2) is 52.9 Å². The van der Waals surface area contributed by atoms with Gasteiger partial charge >= 0.3 is 6.18 Å². The van der Waals surface area contributed by atoms with Gasteiger partial charge in [-0.2, -0.15) is 13.2 Å². The maximum atomic E-state index is 12.8. The number of rotatable bonds is 5. The van der Waals surface area contributed by atoms with Crippen LogP contribution in [0.3, 0.4) is 0 Å². The number of anilines is 2. The second-order valence-corrected chi connectivity index (χ2v) is 6.90. The van der Waals surface area contributed by atoms with Crippen molar-refractivity contribution in [1.29, 1.82) is 0 Å². The summed E-state index contributed by atoms with van der Waals surface area (Å²) in [5.41, 5.74) is -0.547. The SMILES string of the molecule is O=C1NCCC1(CO)c1nnc(-c2ccccc2Nc2ccc(C(F)(F)F)cc2)o1. The number of benzene rings is 2. The molecule has 0 spiro atoms. The molecule has 1 aromatic heterocycles. The fourth-order valence-electron chi connectivity index (χ4n) is 3.30. The fourth-order valence-corrected chi connectivity index (χ4v) is 3.30. The van der Waals surface area contributed by atoms with Crippen molar-refractivity contribution in [2.45, 2.75) is 18.0 Å². The van der Waals surface area contributed by atoms with Gasteiger partial charge in [0.1, 0.15) is 0 Å². The van der Waals surface area contributed by atoms with Crippen molar-refractivity contribution in [3.63, 3.8) is 0 Å². The van der Waals surface area contributed by atoms with E-state index in [1.165, 1.54) is 12.1 Å². The third kappa shape index (κ3) is 3.50. The van der Waals surface area contributed by atoms with Gasteiger partial charge in [-0.3, -0.25) is 4.79 Å². The minimum Gasteiger partial charge on any atom is -0.419 e. The van der Waals surface area contributed by atoms with Gasteiger partial charge in [-0.25, -0.2) is 0 Å². The monoisotopic (exact) mass is 418 g/mol. The molecule has 1 amide bonds. The van der Waals surface area contributed by atoms with Gasteiger partial charge in [0.2, 0.25) is 17.7 Å². The lowest BCUT2D eigenvalue weighted by molar-refractivity contribution is -0.137. The van der Waals surface area contributed by atoms with E-state index < -0.39 is 23.8 Å². The molecule has 2 heterocycles. The Labute approximate surface area is 168 Å². The number of carbonyl (C=O) groups is 1. The number of hydrogen-bond donors (Lipinski definition) is 3. The van der Waals surface area contributed by atoms with Crippen molar-refractivity contribution in [3.8, 4) is 11.5 Å². The van der Waals surface area contributed by atoms with Gasteiger partial charge in [0.15, 0.2) is 5.41 Å². The zero-order valence-electron chi connectivity index (χ0n) is 15.5. The standard InChI is InChI=1S/C20H17F3N4O3/c21-20(22,23)12-5-7-13(8-6-12)25-15-4-2-1-3-14(15)16-26-27-18(30-16)19(11-28)9-10-24-17(19)29/h1-8,25,28H,9-11H2,(H,24,29). The highest BCUT2D eigenvalue weighted by Gasteiger charge is 2.48. The Bertz CT molecular complexity index is 1070. The average Bonchev–Trinajstić information content (AvgIpc) is 3.35. The van der Waals surface area contributed by atoms with Crippen LogP contribution in [0, 0.1) is 0 Å². The van der Waals surface area contributed by atoms with Gasteiger partial charge in [0.05, 0.1) is 23.4 Å². The van der Waals surface area contributed by atoms with Gasteiger partial charge in [-0.1, -0.05) is 12.1 Å². The molecule has 0 aliphatic carbocycles. The summed E-state index contributed by atoms with van der Waals surface area (Å²) in [5, 5.41) is 23.4. The maximum absolute atomic E-state index is 12.8. The van der Waals surface area contributed by atoms with Crippen molar-refractivity contribution >= 4 is 17.3 Å². The Morgan fingerprint density at radius 2 is 1.87 bits per heavy atom. The molecule has 0 radical (unpaired) electrons. The third-order valence-electron chi connectivity index (χ3n) is 5.02. The number of aromatic nitrogens is 2. The van der Waals surface area contributed by atoms with E-state index >= 15 is 0 Å². The van der Waals surface area contributed by atoms with E-state index in [-0.39, 0.29) is 17.7 Å². The van der Waals surface area contributed by atoms with Crippen LogP contribution < -0.4 is 10.6 Å². The summed E-state index contributed by atoms with van der Waals surface area (Å²) in [5.74, 6) is -0.247. The van der Waals surface area contributed by atoms with E-state index in [1.807, 2.05) is 0 Å². The first kappa shape index (κ1) is 19.9. The topological polar surface area (TPSA) is 100 Å². The molecule has 7 nitrogen and oxygen atoms in total. The quantitative estimate of drug-likeness (QED) is 0.588. The number of nitrogens with one attached hydrogen (secondary N) is 2. The van der Waals surface area contributed by atoms with Crippen LogP contribution in [0.4, 0.5) is 24.5 Å². The molecule has 1 fully saturated rings. The molecule has 30 heavy (non-hydrogen) atoms. The highest BCUT2D eigenvalue weighted by atomic mass is 19.4. The summed E-state index contributed by atoms with van der Waals surface area (Å²) in [4.78, 5) is 12.2. The van der Waals surface area contributed by atoms with Gasteiger partial charge in [-0.05, 0) is 42.8 Å². The van der Waals surface area contributed by atoms with Crippen molar-refractivity contribution in [2.24, 2.45) is 0 Å². The van der Waals surface area contributed by atoms with Crippen LogP contribution >= 0.6 is 0 Å². The molecule has 1 saturated heterocycles. The maximum Gasteiger partial charge on any atom is 0.416 e. The third-order valence-corrected chi connectivity index (χ3v) is 5.02. The second kappa shape index (κ2) is 7.45. The number of nitrogens with zero attached hydrogens (tertiary/aromatic N) is 2. The molecule has 156 valence electrons. The number of aliphatic hydroxyl groups is 1. The van der Waals surface area contributed by atoms with Crippen LogP contribution in [0.2, 0.25) is 0 Å². The first-order chi connectivity index (χ1) is 14.3. The Morgan fingerprint density at radius 1 is 1.13 bits per heavy atom. The highest BCUT2D eigenvalue weighted by Crippen LogP contribution is 2.35. The molecule has 3 N–H and O–H groups in total. The van der Waals surface area contributed by atoms with E-state index in [2.05, 4.69) is 20.8 Å². The number of amides is 1. The van der Waals surface area contributed by atoms with Crippen LogP contribution in [0.5, 0.6) is 0 Å². The molecule has 1 aliphatic heterocycles. The largest absolute Gasteiger partial charge is 0.419 e. The van der Waals surface area contributed by atoms with Crippen molar-refractivity contribution < 1.29 is 27.5 Å². The highest BCUT2D eigenvalue weighted by molar-refractivity contribution is 5.89. The lowest BCUT2D eigenvalue weighted by atomic mass is 9.87. The van der Waals surface area contributed by atoms with Crippen LogP contribution in [-0.2, 0) is 16.4 Å². The van der Waals surface area contributed by atoms with Crippen molar-refractivity contribution in [3.05, 3.63) is 60.0 Å². The summed E-state index contributed by atoms with van der Waals surface area (Å²) in [6.45, 7) is -0.0743. The van der Waals surface area contributed by atoms with Crippen LogP contribution in [-0.4, -0.2) is 34.4 Å². The van der Waals surface area contributed by atoms with E-state index in [0.717, 1.165) is 12.1 Å². The van der Waals surface area contributed by atoms with E-state index in [1.54, 1.807) is 24.3 Å². The zero-order chi connectivity index (χ0) is 21.4. The number of hydrogen-bond acceptors (Lipinski definition) is 6. The first-order valence-corrected chi connectivity index (χ1v) is 9.10. The normalized spacial score (nSPS) is 19.0. The van der Waals surface area contributed by atoms with Gasteiger partial charge in [-0.15, -0.1) is 10.2 Å². The molecule has 2 aromatic carbocycles. The van der Waals surface area contributed by atoms with Crippen LogP contribution in [0.25, 0.3) is 11.5 Å². The molecule has 3 aromatic rings. The first-order valence-electron chi connectivity index (χ1n) is 9.10. The molecule has 1 atom stereocenters. The summed E-state index contributed by atoms with van der Waals surface area (Å²) in [6, 6.07) is 11.5. The lowest BCUT2D eigenvalue weighted by Crippen LogP contribution is -2.39. The van der Waals surface area contributed by atoms with E-state index in [9.17, 15) is 23.1 Å². The summed E-state index contributed by atoms with van der Waals surface area (Å²) in [6.07, 6.45) is -4.08. The summed E-state index contributed by atoms with van der Waals surface area (Å²) >= 11 is 0. The molecule has 4 rings (SSSR count). The van der Waals surface area contributed by atoms with E-state index in [4.69, 9.17) is 4.42 Å². The predicted molar refractivity (Wildman–Crippen MR) is 101 cm³/mol. The molecule has 1 aliphatic rings. The minimum atomic E-state index is -4.41. The number of halogens is 3. The fraction of sp³-hybridized carbons (Fsp3) is 0.250. The number of para-hydroxylation sites is 1. The minimum absolute atomic E-state index is 0.0133. The molecular formula is C20H17F3N4O3. The molecular weight excluding hydrogens is 401 g/mol. The van der Waals surface area contributed by atoms with Gasteiger partial charge in [0.25, 0.3) is 0 Å². The molecule has 0 saturated carbocycles. The number of alkyl halides is 3. The van der Waals surface area contributed by atoms with Crippen molar-refractivity contribution in [2.75, 3.05) is 18.5 Å². The molecule has 1 unspecified atom stereocenters. The lowest BCUT2D eigenvalue weighted by Gasteiger charge is -2.18. The summed E-state index contributed by atoms with van der Waals surface area (Å²) < 4.78 is 44.0. The zero-order valence-corrected chi connectivity index (χ0v) is 15.5. The Kier molecular flexibility index (Phi) is 4.94. The molecule has 0 bridgehead atoms. The Balaban J connectivity index is 1.63. The smallest absolute Gasteiger partial charge is 0.416 e. The van der Waals surface area contributed by atoms with Crippen LogP contribution in [0.1, 0.15) is 17.9 Å². The van der Waals surface area contributed by atoms with Gasteiger partial charge < -0.3 is 20.2 Å². The Morgan fingerprint density at radius 3 is 2.50 bits per heavy atom. The average molecular weight is 418 g/mol. The predicted octanol–water partition coefficient (Wildman–Crippen LogP) is 3.25. The van der Waals surface area contributed by atoms with E-state index in [0.29, 0.717) is 29.9 Å². The van der Waals surface area contributed by atoms with Crippen molar-refractivity contribution in [1.82, 2.24) is 15.5 Å². The van der Waals surface area contributed by atoms with Gasteiger partial charge in [0, 0.05) is 12.2 Å². The number of carbonyl (C=O) groups excluding carboxylic acids is 1. The second-order valence-electron chi connectivity index (χ2n) is 6.90. The Hall–Kier alpha value is -3.40. The molecule has 10 heteroatoms.